The van der Waals surface area contributed by atoms with Crippen LogP contribution < -0.4 is 10.6 Å². The number of amides is 2. The minimum absolute atomic E-state index is 0.169. The first-order valence-electron chi connectivity index (χ1n) is 6.24. The Morgan fingerprint density at radius 1 is 1.32 bits per heavy atom. The van der Waals surface area contributed by atoms with Crippen molar-refractivity contribution in [3.8, 4) is 0 Å². The lowest BCUT2D eigenvalue weighted by Crippen LogP contribution is -2.36. The zero-order valence-corrected chi connectivity index (χ0v) is 11.8. The Labute approximate surface area is 115 Å². The molecule has 2 rings (SSSR count). The number of carbonyl (C=O) groups excluding carboxylic acids is 1. The third-order valence-electron chi connectivity index (χ3n) is 2.62. The van der Waals surface area contributed by atoms with E-state index < -0.39 is 0 Å². The maximum Gasteiger partial charge on any atom is 0.315 e. The van der Waals surface area contributed by atoms with Gasteiger partial charge < -0.3 is 10.6 Å². The number of thiophene rings is 1. The van der Waals surface area contributed by atoms with Crippen molar-refractivity contribution in [2.24, 2.45) is 5.92 Å². The van der Waals surface area contributed by atoms with Crippen LogP contribution in [-0.4, -0.2) is 12.6 Å². The summed E-state index contributed by atoms with van der Waals surface area (Å²) in [6.45, 7) is 5.20. The number of fused-ring (bicyclic) bond motifs is 1. The SMILES string of the molecule is CC(C)CNC(=O)NCc1cc2cc(F)ccc2s1. The summed E-state index contributed by atoms with van der Waals surface area (Å²) < 4.78 is 14.1. The maximum absolute atomic E-state index is 13.1. The first-order valence-corrected chi connectivity index (χ1v) is 7.06. The van der Waals surface area contributed by atoms with Crippen molar-refractivity contribution in [1.82, 2.24) is 10.6 Å². The first-order chi connectivity index (χ1) is 9.04. The fraction of sp³-hybridized carbons (Fsp3) is 0.357. The van der Waals surface area contributed by atoms with E-state index in [0.717, 1.165) is 15.0 Å². The van der Waals surface area contributed by atoms with Gasteiger partial charge in [0, 0.05) is 16.1 Å². The Morgan fingerprint density at radius 2 is 2.11 bits per heavy atom. The van der Waals surface area contributed by atoms with Gasteiger partial charge in [0.05, 0.1) is 6.54 Å². The molecule has 0 radical (unpaired) electrons. The van der Waals surface area contributed by atoms with Gasteiger partial charge in [0.2, 0.25) is 0 Å². The van der Waals surface area contributed by atoms with Crippen LogP contribution in [0.4, 0.5) is 9.18 Å². The smallest absolute Gasteiger partial charge is 0.315 e. The molecule has 0 unspecified atom stereocenters. The van der Waals surface area contributed by atoms with Crippen LogP contribution in [-0.2, 0) is 6.54 Å². The van der Waals surface area contributed by atoms with Gasteiger partial charge >= 0.3 is 6.03 Å². The number of hydrogen-bond acceptors (Lipinski definition) is 2. The van der Waals surface area contributed by atoms with Crippen LogP contribution in [0.1, 0.15) is 18.7 Å². The number of hydrogen-bond donors (Lipinski definition) is 2. The second-order valence-electron chi connectivity index (χ2n) is 4.85. The molecular weight excluding hydrogens is 263 g/mol. The molecule has 3 nitrogen and oxygen atoms in total. The van der Waals surface area contributed by atoms with Crippen molar-refractivity contribution < 1.29 is 9.18 Å². The number of rotatable bonds is 4. The van der Waals surface area contributed by atoms with Gasteiger partial charge in [0.15, 0.2) is 0 Å². The molecule has 1 aromatic heterocycles. The molecule has 2 N–H and O–H groups in total. The molecule has 0 aliphatic rings. The highest BCUT2D eigenvalue weighted by molar-refractivity contribution is 7.19. The lowest BCUT2D eigenvalue weighted by Gasteiger charge is -2.08. The van der Waals surface area contributed by atoms with E-state index in [4.69, 9.17) is 0 Å². The van der Waals surface area contributed by atoms with E-state index >= 15 is 0 Å². The monoisotopic (exact) mass is 280 g/mol. The van der Waals surface area contributed by atoms with Gasteiger partial charge in [-0.1, -0.05) is 13.8 Å². The fourth-order valence-corrected chi connectivity index (χ4v) is 2.67. The van der Waals surface area contributed by atoms with Gasteiger partial charge in [0.25, 0.3) is 0 Å². The predicted molar refractivity (Wildman–Crippen MR) is 76.9 cm³/mol. The van der Waals surface area contributed by atoms with Crippen LogP contribution in [0.2, 0.25) is 0 Å². The zero-order valence-electron chi connectivity index (χ0n) is 11.0. The molecule has 0 saturated carbocycles. The summed E-state index contributed by atoms with van der Waals surface area (Å²) in [5.41, 5.74) is 0. The van der Waals surface area contributed by atoms with Gasteiger partial charge in [-0.05, 0) is 35.6 Å². The minimum atomic E-state index is -0.237. The molecule has 0 fully saturated rings. The van der Waals surface area contributed by atoms with Gasteiger partial charge in [-0.15, -0.1) is 11.3 Å². The summed E-state index contributed by atoms with van der Waals surface area (Å²) in [5.74, 6) is 0.192. The summed E-state index contributed by atoms with van der Waals surface area (Å²) in [7, 11) is 0. The molecule has 2 amide bonds. The van der Waals surface area contributed by atoms with E-state index in [2.05, 4.69) is 10.6 Å². The molecule has 0 bridgehead atoms. The lowest BCUT2D eigenvalue weighted by molar-refractivity contribution is 0.239. The largest absolute Gasteiger partial charge is 0.338 e. The standard InChI is InChI=1S/C14H17FN2OS/c1-9(2)7-16-14(18)17-8-12-6-10-5-11(15)3-4-13(10)19-12/h3-6,9H,7-8H2,1-2H3,(H2,16,17,18). The van der Waals surface area contributed by atoms with Crippen LogP contribution in [0.25, 0.3) is 10.1 Å². The number of urea groups is 1. The van der Waals surface area contributed by atoms with E-state index in [1.807, 2.05) is 19.9 Å². The quantitative estimate of drug-likeness (QED) is 0.884. The zero-order chi connectivity index (χ0) is 13.8. The normalized spacial score (nSPS) is 10.9. The van der Waals surface area contributed by atoms with Crippen molar-refractivity contribution in [2.75, 3.05) is 6.54 Å². The van der Waals surface area contributed by atoms with Crippen molar-refractivity contribution in [2.45, 2.75) is 20.4 Å². The van der Waals surface area contributed by atoms with Crippen LogP contribution in [0, 0.1) is 11.7 Å². The fourth-order valence-electron chi connectivity index (χ4n) is 1.68. The number of benzene rings is 1. The van der Waals surface area contributed by atoms with Gasteiger partial charge in [-0.2, -0.15) is 0 Å². The van der Waals surface area contributed by atoms with Crippen molar-refractivity contribution in [3.05, 3.63) is 35.0 Å². The summed E-state index contributed by atoms with van der Waals surface area (Å²) in [5, 5.41) is 6.47. The molecule has 0 aliphatic carbocycles. The Kier molecular flexibility index (Phi) is 4.37. The van der Waals surface area contributed by atoms with E-state index in [0.29, 0.717) is 19.0 Å². The highest BCUT2D eigenvalue weighted by atomic mass is 32.1. The van der Waals surface area contributed by atoms with E-state index in [9.17, 15) is 9.18 Å². The van der Waals surface area contributed by atoms with Gasteiger partial charge in [-0.25, -0.2) is 9.18 Å². The van der Waals surface area contributed by atoms with E-state index in [1.165, 1.54) is 12.1 Å². The molecule has 0 atom stereocenters. The summed E-state index contributed by atoms with van der Waals surface area (Å²) in [6.07, 6.45) is 0. The summed E-state index contributed by atoms with van der Waals surface area (Å²) >= 11 is 1.56. The molecule has 0 saturated heterocycles. The molecule has 1 heterocycles. The average Bonchev–Trinajstić information content (AvgIpc) is 2.75. The van der Waals surface area contributed by atoms with Crippen LogP contribution in [0.5, 0.6) is 0 Å². The maximum atomic E-state index is 13.1. The highest BCUT2D eigenvalue weighted by Gasteiger charge is 2.05. The predicted octanol–water partition coefficient (Wildman–Crippen LogP) is 3.50. The Morgan fingerprint density at radius 3 is 2.84 bits per heavy atom. The molecule has 0 spiro atoms. The second kappa shape index (κ2) is 6.02. The van der Waals surface area contributed by atoms with Gasteiger partial charge in [-0.3, -0.25) is 0 Å². The van der Waals surface area contributed by atoms with E-state index in [1.54, 1.807) is 17.4 Å². The number of halogens is 1. The number of carbonyl (C=O) groups is 1. The first kappa shape index (κ1) is 13.8. The van der Waals surface area contributed by atoms with Crippen molar-refractivity contribution >= 4 is 27.5 Å². The van der Waals surface area contributed by atoms with Crippen LogP contribution in [0.15, 0.2) is 24.3 Å². The van der Waals surface area contributed by atoms with Crippen molar-refractivity contribution in [1.29, 1.82) is 0 Å². The Hall–Kier alpha value is -1.62. The highest BCUT2D eigenvalue weighted by Crippen LogP contribution is 2.26. The van der Waals surface area contributed by atoms with E-state index in [-0.39, 0.29) is 11.8 Å². The van der Waals surface area contributed by atoms with Gasteiger partial charge in [0.1, 0.15) is 5.82 Å². The third-order valence-corrected chi connectivity index (χ3v) is 3.74. The second-order valence-corrected chi connectivity index (χ2v) is 6.02. The molecule has 5 heteroatoms. The Bertz CT molecular complexity index is 580. The molecule has 102 valence electrons. The molecule has 1 aromatic carbocycles. The van der Waals surface area contributed by atoms with Crippen LogP contribution >= 0.6 is 11.3 Å². The minimum Gasteiger partial charge on any atom is -0.338 e. The number of nitrogens with one attached hydrogen (secondary N) is 2. The molecule has 0 aliphatic heterocycles. The Balaban J connectivity index is 1.92. The lowest BCUT2D eigenvalue weighted by atomic mass is 10.2. The summed E-state index contributed by atoms with van der Waals surface area (Å²) in [4.78, 5) is 12.5. The van der Waals surface area contributed by atoms with Crippen molar-refractivity contribution in [3.63, 3.8) is 0 Å². The average molecular weight is 280 g/mol. The molecular formula is C14H17FN2OS. The van der Waals surface area contributed by atoms with Crippen LogP contribution in [0.3, 0.4) is 0 Å². The third kappa shape index (κ3) is 3.92. The molecule has 2 aromatic rings. The topological polar surface area (TPSA) is 41.1 Å². The molecule has 19 heavy (non-hydrogen) atoms. The summed E-state index contributed by atoms with van der Waals surface area (Å²) in [6, 6.07) is 6.46.